The van der Waals surface area contributed by atoms with Crippen molar-refractivity contribution in [3.8, 4) is 0 Å². The number of rotatable bonds is 8. The Morgan fingerprint density at radius 1 is 1.58 bits per heavy atom. The average molecular weight is 286 g/mol. The Labute approximate surface area is 120 Å². The topological polar surface area (TPSA) is 39.1 Å². The molecule has 1 atom stereocenters. The summed E-state index contributed by atoms with van der Waals surface area (Å²) < 4.78 is 6.74. The van der Waals surface area contributed by atoms with Crippen molar-refractivity contribution >= 4 is 11.6 Å². The predicted molar refractivity (Wildman–Crippen MR) is 79.7 cm³/mol. The van der Waals surface area contributed by atoms with E-state index in [9.17, 15) is 0 Å². The van der Waals surface area contributed by atoms with Crippen molar-refractivity contribution in [2.75, 3.05) is 26.8 Å². The summed E-state index contributed by atoms with van der Waals surface area (Å²) in [7, 11) is 3.56. The molecule has 5 heteroatoms. The van der Waals surface area contributed by atoms with Gasteiger partial charge >= 0.3 is 0 Å². The maximum absolute atomic E-state index is 6.29. The van der Waals surface area contributed by atoms with Gasteiger partial charge in [0.15, 0.2) is 0 Å². The number of nitrogens with one attached hydrogen (secondary N) is 1. The number of hydrogen-bond acceptors (Lipinski definition) is 3. The molecule has 0 bridgehead atoms. The van der Waals surface area contributed by atoms with Crippen LogP contribution in [0, 0.1) is 12.3 Å². The van der Waals surface area contributed by atoms with E-state index < -0.39 is 0 Å². The van der Waals surface area contributed by atoms with E-state index in [0.717, 1.165) is 30.8 Å². The third-order valence-electron chi connectivity index (χ3n) is 3.36. The van der Waals surface area contributed by atoms with Gasteiger partial charge in [-0.25, -0.2) is 0 Å². The van der Waals surface area contributed by atoms with Gasteiger partial charge in [0, 0.05) is 38.2 Å². The molecule has 0 aliphatic heterocycles. The Morgan fingerprint density at radius 2 is 2.26 bits per heavy atom. The largest absolute Gasteiger partial charge is 0.383 e. The lowest BCUT2D eigenvalue weighted by atomic mass is 9.83. The molecule has 1 unspecified atom stereocenters. The van der Waals surface area contributed by atoms with Crippen LogP contribution < -0.4 is 5.32 Å². The summed E-state index contributed by atoms with van der Waals surface area (Å²) in [6, 6.07) is 0. The molecule has 108 valence electrons. The third kappa shape index (κ3) is 4.34. The molecule has 0 fully saturated rings. The molecule has 0 radical (unpaired) electrons. The van der Waals surface area contributed by atoms with Crippen LogP contribution in [-0.2, 0) is 18.2 Å². The van der Waals surface area contributed by atoms with E-state index in [1.54, 1.807) is 11.8 Å². The summed E-state index contributed by atoms with van der Waals surface area (Å²) in [6.07, 6.45) is 2.81. The van der Waals surface area contributed by atoms with Crippen LogP contribution in [0.1, 0.15) is 18.2 Å². The molecule has 0 spiro atoms. The summed E-state index contributed by atoms with van der Waals surface area (Å²) in [4.78, 5) is 0. The molecule has 0 saturated carbocycles. The van der Waals surface area contributed by atoms with Crippen LogP contribution in [0.2, 0.25) is 5.15 Å². The minimum absolute atomic E-state index is 0.0504. The van der Waals surface area contributed by atoms with Crippen LogP contribution in [0.15, 0.2) is 12.7 Å². The first kappa shape index (κ1) is 16.2. The van der Waals surface area contributed by atoms with Gasteiger partial charge in [-0.2, -0.15) is 5.10 Å². The molecule has 1 aromatic heterocycles. The predicted octanol–water partition coefficient (Wildman–Crippen LogP) is 2.35. The van der Waals surface area contributed by atoms with E-state index in [0.29, 0.717) is 11.8 Å². The first-order chi connectivity index (χ1) is 8.93. The number of aryl methyl sites for hydroxylation is 2. The van der Waals surface area contributed by atoms with Crippen molar-refractivity contribution in [2.24, 2.45) is 12.5 Å². The van der Waals surface area contributed by atoms with Crippen LogP contribution in [0.4, 0.5) is 0 Å². The summed E-state index contributed by atoms with van der Waals surface area (Å²) in [5.74, 6) is 0. The second-order valence-electron chi connectivity index (χ2n) is 5.18. The van der Waals surface area contributed by atoms with E-state index in [-0.39, 0.29) is 5.41 Å². The van der Waals surface area contributed by atoms with E-state index in [2.05, 4.69) is 23.9 Å². The number of hydrogen-bond donors (Lipinski definition) is 1. The molecule has 0 aromatic carbocycles. The molecule has 0 aliphatic carbocycles. The smallest absolute Gasteiger partial charge is 0.130 e. The average Bonchev–Trinajstić information content (AvgIpc) is 2.61. The lowest BCUT2D eigenvalue weighted by molar-refractivity contribution is 0.195. The van der Waals surface area contributed by atoms with Crippen LogP contribution in [0.5, 0.6) is 0 Å². The van der Waals surface area contributed by atoms with Gasteiger partial charge in [-0.15, -0.1) is 6.58 Å². The fourth-order valence-corrected chi connectivity index (χ4v) is 2.27. The Hall–Kier alpha value is -0.840. The van der Waals surface area contributed by atoms with Gasteiger partial charge in [0.05, 0.1) is 12.3 Å². The van der Waals surface area contributed by atoms with E-state index in [1.807, 2.05) is 20.0 Å². The van der Waals surface area contributed by atoms with E-state index in [1.165, 1.54) is 0 Å². The maximum atomic E-state index is 6.29. The molecular weight excluding hydrogens is 262 g/mol. The standard InChI is InChI=1S/C14H24ClN3O/c1-6-14(3,10-16-7-8-19-5)9-12-11(2)17-18(4)13(12)15/h6,16H,1,7-10H2,2-5H3. The molecule has 0 aliphatic rings. The highest BCUT2D eigenvalue weighted by Gasteiger charge is 2.24. The first-order valence-corrected chi connectivity index (χ1v) is 6.82. The van der Waals surface area contributed by atoms with Gasteiger partial charge in [0.25, 0.3) is 0 Å². The molecule has 0 amide bonds. The number of ether oxygens (including phenoxy) is 1. The second kappa shape index (κ2) is 7.08. The van der Waals surface area contributed by atoms with Gasteiger partial charge in [-0.1, -0.05) is 24.6 Å². The Bertz CT molecular complexity index is 431. The van der Waals surface area contributed by atoms with Crippen molar-refractivity contribution in [2.45, 2.75) is 20.3 Å². The Morgan fingerprint density at radius 3 is 2.74 bits per heavy atom. The fourth-order valence-electron chi connectivity index (χ4n) is 2.03. The molecule has 1 heterocycles. The van der Waals surface area contributed by atoms with Crippen molar-refractivity contribution in [3.05, 3.63) is 29.1 Å². The maximum Gasteiger partial charge on any atom is 0.130 e. The normalized spacial score (nSPS) is 14.4. The zero-order valence-electron chi connectivity index (χ0n) is 12.3. The van der Waals surface area contributed by atoms with Gasteiger partial charge in [0.1, 0.15) is 5.15 Å². The minimum atomic E-state index is -0.0504. The van der Waals surface area contributed by atoms with Gasteiger partial charge in [0.2, 0.25) is 0 Å². The molecule has 1 aromatic rings. The second-order valence-corrected chi connectivity index (χ2v) is 5.54. The summed E-state index contributed by atoms with van der Waals surface area (Å²) >= 11 is 6.29. The van der Waals surface area contributed by atoms with Crippen molar-refractivity contribution in [1.29, 1.82) is 0 Å². The lowest BCUT2D eigenvalue weighted by Gasteiger charge is -2.26. The van der Waals surface area contributed by atoms with Crippen molar-refractivity contribution < 1.29 is 4.74 Å². The zero-order valence-corrected chi connectivity index (χ0v) is 13.0. The van der Waals surface area contributed by atoms with E-state index >= 15 is 0 Å². The van der Waals surface area contributed by atoms with Gasteiger partial charge < -0.3 is 10.1 Å². The number of nitrogens with zero attached hydrogens (tertiary/aromatic N) is 2. The highest BCUT2D eigenvalue weighted by atomic mass is 35.5. The quantitative estimate of drug-likeness (QED) is 0.589. The number of halogens is 1. The summed E-state index contributed by atoms with van der Waals surface area (Å²) in [6.45, 7) is 10.5. The first-order valence-electron chi connectivity index (χ1n) is 6.45. The number of aromatic nitrogens is 2. The van der Waals surface area contributed by atoms with Crippen LogP contribution in [0.3, 0.4) is 0 Å². The Balaban J connectivity index is 2.71. The molecule has 4 nitrogen and oxygen atoms in total. The summed E-state index contributed by atoms with van der Waals surface area (Å²) in [5.41, 5.74) is 2.03. The van der Waals surface area contributed by atoms with Crippen LogP contribution in [-0.4, -0.2) is 36.6 Å². The van der Waals surface area contributed by atoms with E-state index in [4.69, 9.17) is 16.3 Å². The highest BCUT2D eigenvalue weighted by Crippen LogP contribution is 2.29. The van der Waals surface area contributed by atoms with Crippen molar-refractivity contribution in [3.63, 3.8) is 0 Å². The third-order valence-corrected chi connectivity index (χ3v) is 3.83. The summed E-state index contributed by atoms with van der Waals surface area (Å²) in [5, 5.41) is 8.44. The van der Waals surface area contributed by atoms with Gasteiger partial charge in [-0.05, 0) is 13.3 Å². The minimum Gasteiger partial charge on any atom is -0.383 e. The van der Waals surface area contributed by atoms with Crippen molar-refractivity contribution in [1.82, 2.24) is 15.1 Å². The Kier molecular flexibility index (Phi) is 6.04. The monoisotopic (exact) mass is 285 g/mol. The van der Waals surface area contributed by atoms with Gasteiger partial charge in [-0.3, -0.25) is 4.68 Å². The fraction of sp³-hybridized carbons (Fsp3) is 0.643. The molecule has 1 rings (SSSR count). The lowest BCUT2D eigenvalue weighted by Crippen LogP contribution is -2.34. The molecular formula is C14H24ClN3O. The van der Waals surface area contributed by atoms with Crippen LogP contribution >= 0.6 is 11.6 Å². The molecule has 1 N–H and O–H groups in total. The number of methoxy groups -OCH3 is 1. The van der Waals surface area contributed by atoms with Crippen LogP contribution in [0.25, 0.3) is 0 Å². The highest BCUT2D eigenvalue weighted by molar-refractivity contribution is 6.30. The SMILES string of the molecule is C=CC(C)(CNCCOC)Cc1c(C)nn(C)c1Cl. The molecule has 0 saturated heterocycles. The zero-order chi connectivity index (χ0) is 14.5. The molecule has 19 heavy (non-hydrogen) atoms.